The molecular weight excluding hydrogens is 638 g/mol. The molecule has 0 bridgehead atoms. The van der Waals surface area contributed by atoms with Gasteiger partial charge in [0, 0.05) is 51.9 Å². The van der Waals surface area contributed by atoms with Crippen LogP contribution in [0.5, 0.6) is 0 Å². The van der Waals surface area contributed by atoms with E-state index in [0.717, 1.165) is 36.2 Å². The minimum Gasteiger partial charge on any atom is -0.465 e. The van der Waals surface area contributed by atoms with Crippen molar-refractivity contribution in [3.8, 4) is 22.8 Å². The third kappa shape index (κ3) is 8.64. The van der Waals surface area contributed by atoms with E-state index in [0.29, 0.717) is 23.8 Å². The fourth-order valence-corrected chi connectivity index (χ4v) is 7.89. The van der Waals surface area contributed by atoms with Crippen molar-refractivity contribution in [1.29, 1.82) is 0 Å². The van der Waals surface area contributed by atoms with Crippen molar-refractivity contribution in [3.05, 3.63) is 83.7 Å². The summed E-state index contributed by atoms with van der Waals surface area (Å²) in [6.07, 6.45) is 21.2. The number of amides is 1. The smallest absolute Gasteiger partial charge is 0.411 e. The normalized spacial score (nSPS) is 19.5. The molecule has 2 aromatic heterocycles. The Morgan fingerprint density at radius 3 is 2.65 bits per heavy atom. The highest BCUT2D eigenvalue weighted by Gasteiger charge is 2.38. The van der Waals surface area contributed by atoms with Gasteiger partial charge >= 0.3 is 6.09 Å². The zero-order valence-electron chi connectivity index (χ0n) is 30.6. The van der Waals surface area contributed by atoms with Gasteiger partial charge in [0.05, 0.1) is 12.6 Å². The van der Waals surface area contributed by atoms with E-state index in [1.165, 1.54) is 91.1 Å². The molecule has 1 aliphatic heterocycles. The number of likely N-dealkylation sites (tertiary alicyclic amines) is 1. The van der Waals surface area contributed by atoms with Gasteiger partial charge in [-0.3, -0.25) is 4.90 Å². The first-order valence-corrected chi connectivity index (χ1v) is 19.2. The highest BCUT2D eigenvalue weighted by atomic mass is 16.5. The Hall–Kier alpha value is -4.21. The lowest BCUT2D eigenvalue weighted by atomic mass is 9.84. The SMILES string of the molecule is CCCCCCCCCCNC1CCCc2c(-c3noc(-c4ccc5c(ccn5C(C)C)c4)n3)cccc21.O=C(O)N1CC(O)C2CC=CC=C21. The van der Waals surface area contributed by atoms with Crippen molar-refractivity contribution < 1.29 is 19.5 Å². The Balaban J connectivity index is 0.000000288. The number of aliphatic hydroxyl groups is 1. The second-order valence-electron chi connectivity index (χ2n) is 14.6. The Bertz CT molecular complexity index is 1820. The number of aromatic nitrogens is 3. The van der Waals surface area contributed by atoms with Gasteiger partial charge in [-0.1, -0.05) is 87.4 Å². The summed E-state index contributed by atoms with van der Waals surface area (Å²) < 4.78 is 8.06. The van der Waals surface area contributed by atoms with Crippen molar-refractivity contribution in [2.45, 2.75) is 116 Å². The molecule has 4 aromatic rings. The molecule has 51 heavy (non-hydrogen) atoms. The van der Waals surface area contributed by atoms with Crippen molar-refractivity contribution >= 4 is 17.0 Å². The molecule has 9 nitrogen and oxygen atoms in total. The molecule has 0 spiro atoms. The highest BCUT2D eigenvalue weighted by Crippen LogP contribution is 2.37. The van der Waals surface area contributed by atoms with Crippen LogP contribution < -0.4 is 5.32 Å². The molecule has 3 aliphatic rings. The quantitative estimate of drug-likeness (QED) is 0.119. The van der Waals surface area contributed by atoms with E-state index in [2.05, 4.69) is 84.5 Å². The number of benzene rings is 2. The summed E-state index contributed by atoms with van der Waals surface area (Å²) >= 11 is 0. The maximum absolute atomic E-state index is 10.8. The first kappa shape index (κ1) is 36.6. The summed E-state index contributed by atoms with van der Waals surface area (Å²) in [5.74, 6) is 1.25. The number of hydrogen-bond acceptors (Lipinski definition) is 6. The predicted molar refractivity (Wildman–Crippen MR) is 203 cm³/mol. The van der Waals surface area contributed by atoms with Gasteiger partial charge in [0.25, 0.3) is 5.89 Å². The van der Waals surface area contributed by atoms with Crippen LogP contribution in [0.3, 0.4) is 0 Å². The van der Waals surface area contributed by atoms with Gasteiger partial charge in [0.1, 0.15) is 0 Å². The molecule has 3 unspecified atom stereocenters. The zero-order valence-corrected chi connectivity index (χ0v) is 30.6. The lowest BCUT2D eigenvalue weighted by molar-refractivity contribution is 0.132. The van der Waals surface area contributed by atoms with Crippen molar-refractivity contribution in [2.24, 2.45) is 5.92 Å². The molecule has 0 saturated carbocycles. The largest absolute Gasteiger partial charge is 0.465 e. The van der Waals surface area contributed by atoms with E-state index in [1.807, 2.05) is 12.2 Å². The van der Waals surface area contributed by atoms with Crippen molar-refractivity contribution in [1.82, 2.24) is 24.9 Å². The van der Waals surface area contributed by atoms with E-state index in [9.17, 15) is 9.90 Å². The molecular formula is C42H55N5O4. The molecule has 9 heteroatoms. The predicted octanol–water partition coefficient (Wildman–Crippen LogP) is 9.85. The summed E-state index contributed by atoms with van der Waals surface area (Å²) in [6, 6.07) is 16.0. The van der Waals surface area contributed by atoms with E-state index in [1.54, 1.807) is 6.08 Å². The van der Waals surface area contributed by atoms with E-state index in [4.69, 9.17) is 14.6 Å². The van der Waals surface area contributed by atoms with Gasteiger partial charge in [-0.05, 0) is 94.0 Å². The number of nitrogens with zero attached hydrogens (tertiary/aromatic N) is 4. The number of rotatable bonds is 13. The lowest BCUT2D eigenvalue weighted by Gasteiger charge is -2.28. The molecule has 2 aromatic carbocycles. The average molecular weight is 694 g/mol. The lowest BCUT2D eigenvalue weighted by Crippen LogP contribution is -2.26. The average Bonchev–Trinajstić information content (AvgIpc) is 3.89. The molecule has 272 valence electrons. The first-order chi connectivity index (χ1) is 24.9. The Morgan fingerprint density at radius 1 is 1.06 bits per heavy atom. The molecule has 3 heterocycles. The van der Waals surface area contributed by atoms with E-state index >= 15 is 0 Å². The standard InChI is InChI=1S/C33H44N4O.C9H11NO3/c1-4-5-6-7-8-9-10-11-21-34-30-17-13-14-27-28(30)15-12-16-29(27)32-35-33(38-36-32)26-18-19-31-25(23-26)20-22-37(31)24(2)3;11-8-5-10(9(12)13)7-4-2-1-3-6(7)8/h12,15-16,18-20,22-24,30,34H,4-11,13-14,17,21H2,1-3H3;1-2,4,6,8,11H,3,5H2,(H,12,13). The molecule has 2 aliphatic carbocycles. The van der Waals surface area contributed by atoms with Gasteiger partial charge in [0.2, 0.25) is 5.82 Å². The van der Waals surface area contributed by atoms with Crippen LogP contribution in [0.2, 0.25) is 0 Å². The first-order valence-electron chi connectivity index (χ1n) is 19.2. The number of carboxylic acid groups (broad SMARTS) is 1. The number of fused-ring (bicyclic) bond motifs is 3. The minimum absolute atomic E-state index is 0.0268. The molecule has 1 amide bonds. The van der Waals surface area contributed by atoms with Crippen LogP contribution in [-0.4, -0.2) is 55.1 Å². The number of hydrogen-bond donors (Lipinski definition) is 3. The molecule has 0 radical (unpaired) electrons. The van der Waals surface area contributed by atoms with Crippen molar-refractivity contribution in [3.63, 3.8) is 0 Å². The van der Waals surface area contributed by atoms with Crippen LogP contribution in [0, 0.1) is 5.92 Å². The Labute approximate surface area is 302 Å². The molecule has 3 atom stereocenters. The second-order valence-corrected chi connectivity index (χ2v) is 14.6. The van der Waals surface area contributed by atoms with Gasteiger partial charge in [0.15, 0.2) is 0 Å². The van der Waals surface area contributed by atoms with Crippen LogP contribution in [-0.2, 0) is 6.42 Å². The fourth-order valence-electron chi connectivity index (χ4n) is 7.89. The van der Waals surface area contributed by atoms with Gasteiger partial charge in [-0.2, -0.15) is 4.98 Å². The monoisotopic (exact) mass is 693 g/mol. The third-order valence-electron chi connectivity index (χ3n) is 10.7. The van der Waals surface area contributed by atoms with Crippen LogP contribution in [0.25, 0.3) is 33.7 Å². The van der Waals surface area contributed by atoms with Crippen LogP contribution in [0.4, 0.5) is 4.79 Å². The number of nitrogens with one attached hydrogen (secondary N) is 1. The number of aliphatic hydroxyl groups excluding tert-OH is 1. The number of allylic oxidation sites excluding steroid dienone is 3. The summed E-state index contributed by atoms with van der Waals surface area (Å²) in [7, 11) is 0. The topological polar surface area (TPSA) is 117 Å². The third-order valence-corrected chi connectivity index (χ3v) is 10.7. The maximum atomic E-state index is 10.8. The molecule has 3 N–H and O–H groups in total. The number of unbranched alkanes of at least 4 members (excludes halogenated alkanes) is 7. The summed E-state index contributed by atoms with van der Waals surface area (Å²) in [5, 5.41) is 27.9. The molecule has 1 saturated heterocycles. The second kappa shape index (κ2) is 17.3. The summed E-state index contributed by atoms with van der Waals surface area (Å²) in [5.41, 5.74) is 6.82. The highest BCUT2D eigenvalue weighted by molar-refractivity contribution is 5.84. The van der Waals surface area contributed by atoms with Crippen molar-refractivity contribution in [2.75, 3.05) is 13.1 Å². The van der Waals surface area contributed by atoms with Gasteiger partial charge in [-0.25, -0.2) is 4.79 Å². The van der Waals surface area contributed by atoms with Crippen LogP contribution >= 0.6 is 0 Å². The minimum atomic E-state index is -0.983. The van der Waals surface area contributed by atoms with Gasteiger partial charge < -0.3 is 24.6 Å². The Morgan fingerprint density at radius 2 is 1.86 bits per heavy atom. The zero-order chi connectivity index (χ0) is 35.7. The Kier molecular flexibility index (Phi) is 12.4. The van der Waals surface area contributed by atoms with Crippen LogP contribution in [0.15, 0.2) is 77.1 Å². The van der Waals surface area contributed by atoms with E-state index in [-0.39, 0.29) is 12.5 Å². The number of β-amino-alcohol motifs (C(OH)–C–C–N with tert-alkyl or cyclic N) is 1. The summed E-state index contributed by atoms with van der Waals surface area (Å²) in [6.45, 7) is 7.98. The summed E-state index contributed by atoms with van der Waals surface area (Å²) in [4.78, 5) is 16.8. The van der Waals surface area contributed by atoms with Crippen LogP contribution in [0.1, 0.15) is 115 Å². The fraction of sp³-hybridized carbons (Fsp3) is 0.500. The maximum Gasteiger partial charge on any atom is 0.411 e. The van der Waals surface area contributed by atoms with Gasteiger partial charge in [-0.15, -0.1) is 0 Å². The molecule has 7 rings (SSSR count). The van der Waals surface area contributed by atoms with E-state index < -0.39 is 12.2 Å². The number of carbonyl (C=O) groups is 1. The molecule has 1 fully saturated rings.